The topological polar surface area (TPSA) is 84.7 Å². The zero-order chi connectivity index (χ0) is 19.8. The third kappa shape index (κ3) is 3.18. The lowest BCUT2D eigenvalue weighted by Gasteiger charge is -2.06. The standard InChI is InChI=1S/C19H19FN6OS/c1-10(27)22-7-6-11-8-12(4-5-13(11)20)18-24-15-16-14(23-9-26(16)3)17(21-2)25-19(15)28-18/h4-5,8-9H,6-7H2,1-3H3,(H,21,25)(H,22,27). The number of amides is 1. The number of fused-ring (bicyclic) bond motifs is 3. The Morgan fingerprint density at radius 2 is 2.11 bits per heavy atom. The molecule has 0 fully saturated rings. The summed E-state index contributed by atoms with van der Waals surface area (Å²) in [4.78, 5) is 25.7. The molecule has 0 saturated carbocycles. The summed E-state index contributed by atoms with van der Waals surface area (Å²) in [6, 6.07) is 4.94. The number of nitrogens with zero attached hydrogens (tertiary/aromatic N) is 4. The van der Waals surface area contributed by atoms with Gasteiger partial charge in [0.05, 0.1) is 6.33 Å². The molecule has 144 valence electrons. The van der Waals surface area contributed by atoms with Crippen molar-refractivity contribution in [2.24, 2.45) is 7.05 Å². The Balaban J connectivity index is 1.78. The van der Waals surface area contributed by atoms with Crippen molar-refractivity contribution in [3.8, 4) is 10.6 Å². The number of hydrogen-bond acceptors (Lipinski definition) is 6. The zero-order valence-corrected chi connectivity index (χ0v) is 16.5. The van der Waals surface area contributed by atoms with Gasteiger partial charge in [-0.25, -0.2) is 19.3 Å². The van der Waals surface area contributed by atoms with Gasteiger partial charge < -0.3 is 15.2 Å². The fourth-order valence-corrected chi connectivity index (χ4v) is 4.09. The summed E-state index contributed by atoms with van der Waals surface area (Å²) in [5.41, 5.74) is 3.82. The van der Waals surface area contributed by atoms with E-state index in [2.05, 4.69) is 20.6 Å². The summed E-state index contributed by atoms with van der Waals surface area (Å²) >= 11 is 1.45. The van der Waals surface area contributed by atoms with Crippen LogP contribution in [0.5, 0.6) is 0 Å². The number of pyridine rings is 1. The molecule has 0 aliphatic carbocycles. The van der Waals surface area contributed by atoms with Crippen LogP contribution in [0.1, 0.15) is 12.5 Å². The van der Waals surface area contributed by atoms with Crippen molar-refractivity contribution < 1.29 is 9.18 Å². The molecule has 0 unspecified atom stereocenters. The van der Waals surface area contributed by atoms with Gasteiger partial charge >= 0.3 is 0 Å². The van der Waals surface area contributed by atoms with Crippen LogP contribution in [0.25, 0.3) is 32.0 Å². The minimum atomic E-state index is -0.292. The molecule has 0 radical (unpaired) electrons. The monoisotopic (exact) mass is 398 g/mol. The Kier molecular flexibility index (Phi) is 4.68. The third-order valence-electron chi connectivity index (χ3n) is 4.51. The van der Waals surface area contributed by atoms with Crippen LogP contribution >= 0.6 is 11.3 Å². The minimum Gasteiger partial charge on any atom is -0.371 e. The highest BCUT2D eigenvalue weighted by Crippen LogP contribution is 2.35. The number of nitrogens with one attached hydrogen (secondary N) is 2. The molecule has 7 nitrogen and oxygen atoms in total. The molecule has 3 heterocycles. The normalized spacial score (nSPS) is 11.3. The Morgan fingerprint density at radius 1 is 1.29 bits per heavy atom. The molecule has 0 saturated heterocycles. The third-order valence-corrected chi connectivity index (χ3v) is 5.50. The van der Waals surface area contributed by atoms with Gasteiger partial charge in [-0.05, 0) is 30.2 Å². The van der Waals surface area contributed by atoms with E-state index in [1.54, 1.807) is 18.5 Å². The van der Waals surface area contributed by atoms with Crippen LogP contribution in [-0.4, -0.2) is 39.0 Å². The van der Waals surface area contributed by atoms with E-state index < -0.39 is 0 Å². The molecule has 4 aromatic rings. The number of thiazole rings is 1. The molecule has 1 amide bonds. The minimum absolute atomic E-state index is 0.130. The van der Waals surface area contributed by atoms with Gasteiger partial charge in [0.1, 0.15) is 32.2 Å². The van der Waals surface area contributed by atoms with Crippen LogP contribution in [0.15, 0.2) is 24.5 Å². The van der Waals surface area contributed by atoms with Crippen molar-refractivity contribution in [2.75, 3.05) is 18.9 Å². The van der Waals surface area contributed by atoms with Crippen molar-refractivity contribution in [1.29, 1.82) is 0 Å². The highest BCUT2D eigenvalue weighted by Gasteiger charge is 2.17. The number of carbonyl (C=O) groups excluding carboxylic acids is 1. The predicted octanol–water partition coefficient (Wildman–Crippen LogP) is 3.10. The van der Waals surface area contributed by atoms with Gasteiger partial charge in [-0.15, -0.1) is 0 Å². The molecule has 28 heavy (non-hydrogen) atoms. The predicted molar refractivity (Wildman–Crippen MR) is 109 cm³/mol. The average Bonchev–Trinajstić information content (AvgIpc) is 3.26. The Labute approximate surface area is 164 Å². The van der Waals surface area contributed by atoms with Crippen LogP contribution in [0, 0.1) is 5.82 Å². The van der Waals surface area contributed by atoms with E-state index in [-0.39, 0.29) is 11.7 Å². The molecular weight excluding hydrogens is 379 g/mol. The number of carbonyl (C=O) groups is 1. The lowest BCUT2D eigenvalue weighted by molar-refractivity contribution is -0.118. The van der Waals surface area contributed by atoms with E-state index in [1.165, 1.54) is 24.3 Å². The fraction of sp³-hybridized carbons (Fsp3) is 0.263. The van der Waals surface area contributed by atoms with E-state index in [1.807, 2.05) is 18.7 Å². The number of rotatable bonds is 5. The van der Waals surface area contributed by atoms with E-state index in [9.17, 15) is 9.18 Å². The number of aryl methyl sites for hydroxylation is 1. The lowest BCUT2D eigenvalue weighted by Crippen LogP contribution is -2.22. The van der Waals surface area contributed by atoms with Gasteiger partial charge in [-0.3, -0.25) is 4.79 Å². The molecule has 0 bridgehead atoms. The Morgan fingerprint density at radius 3 is 2.86 bits per heavy atom. The van der Waals surface area contributed by atoms with Crippen LogP contribution in [-0.2, 0) is 18.3 Å². The van der Waals surface area contributed by atoms with Crippen molar-refractivity contribution in [3.05, 3.63) is 35.9 Å². The second-order valence-corrected chi connectivity index (χ2v) is 7.45. The first-order valence-corrected chi connectivity index (χ1v) is 9.62. The number of halogens is 1. The lowest BCUT2D eigenvalue weighted by atomic mass is 10.1. The van der Waals surface area contributed by atoms with Crippen molar-refractivity contribution >= 4 is 44.4 Å². The van der Waals surface area contributed by atoms with Gasteiger partial charge in [-0.1, -0.05) is 11.3 Å². The molecule has 2 N–H and O–H groups in total. The van der Waals surface area contributed by atoms with E-state index >= 15 is 0 Å². The molecule has 0 atom stereocenters. The summed E-state index contributed by atoms with van der Waals surface area (Å²) in [6.07, 6.45) is 2.15. The summed E-state index contributed by atoms with van der Waals surface area (Å²) in [5, 5.41) is 6.54. The molecule has 1 aromatic carbocycles. The molecule has 0 spiro atoms. The number of benzene rings is 1. The largest absolute Gasteiger partial charge is 0.371 e. The second-order valence-electron chi connectivity index (χ2n) is 6.48. The summed E-state index contributed by atoms with van der Waals surface area (Å²) in [7, 11) is 3.73. The number of hydrogen-bond donors (Lipinski definition) is 2. The quantitative estimate of drug-likeness (QED) is 0.540. The average molecular weight is 398 g/mol. The second kappa shape index (κ2) is 7.16. The van der Waals surface area contributed by atoms with Gasteiger partial charge in [-0.2, -0.15) is 0 Å². The van der Waals surface area contributed by atoms with Gasteiger partial charge in [0.25, 0.3) is 0 Å². The zero-order valence-electron chi connectivity index (χ0n) is 15.7. The molecule has 4 rings (SSSR count). The first-order valence-electron chi connectivity index (χ1n) is 8.80. The number of anilines is 1. The molecular formula is C19H19FN6OS. The van der Waals surface area contributed by atoms with E-state index in [0.717, 1.165) is 32.0 Å². The number of imidazole rings is 1. The Hall–Kier alpha value is -3.07. The summed E-state index contributed by atoms with van der Waals surface area (Å²) < 4.78 is 16.1. The maximum atomic E-state index is 14.2. The van der Waals surface area contributed by atoms with Crippen molar-refractivity contribution in [2.45, 2.75) is 13.3 Å². The van der Waals surface area contributed by atoms with Gasteiger partial charge in [0.2, 0.25) is 5.91 Å². The molecule has 0 aliphatic rings. The molecule has 0 aliphatic heterocycles. The highest BCUT2D eigenvalue weighted by atomic mass is 32.1. The first-order chi connectivity index (χ1) is 13.5. The highest BCUT2D eigenvalue weighted by molar-refractivity contribution is 7.21. The van der Waals surface area contributed by atoms with E-state index in [4.69, 9.17) is 4.98 Å². The summed E-state index contributed by atoms with van der Waals surface area (Å²) in [5.74, 6) is 0.280. The van der Waals surface area contributed by atoms with Crippen LogP contribution in [0.3, 0.4) is 0 Å². The molecule has 9 heteroatoms. The fourth-order valence-electron chi connectivity index (χ4n) is 3.15. The smallest absolute Gasteiger partial charge is 0.216 e. The maximum Gasteiger partial charge on any atom is 0.216 e. The summed E-state index contributed by atoms with van der Waals surface area (Å²) in [6.45, 7) is 1.83. The van der Waals surface area contributed by atoms with Crippen LogP contribution in [0.4, 0.5) is 10.2 Å². The van der Waals surface area contributed by atoms with Gasteiger partial charge in [0, 0.05) is 33.1 Å². The SMILES string of the molecule is CNc1nc2sc(-c3ccc(F)c(CCNC(C)=O)c3)nc2c2c1ncn2C. The van der Waals surface area contributed by atoms with Crippen LogP contribution < -0.4 is 10.6 Å². The van der Waals surface area contributed by atoms with E-state index in [0.29, 0.717) is 24.3 Å². The van der Waals surface area contributed by atoms with Crippen molar-refractivity contribution in [1.82, 2.24) is 24.8 Å². The van der Waals surface area contributed by atoms with Crippen LogP contribution in [0.2, 0.25) is 0 Å². The first kappa shape index (κ1) is 18.3. The number of aromatic nitrogens is 4. The van der Waals surface area contributed by atoms with Gasteiger partial charge in [0.15, 0.2) is 5.82 Å². The maximum absolute atomic E-state index is 14.2. The Bertz CT molecular complexity index is 1200. The van der Waals surface area contributed by atoms with Crippen molar-refractivity contribution in [3.63, 3.8) is 0 Å². The molecule has 3 aromatic heterocycles.